The summed E-state index contributed by atoms with van der Waals surface area (Å²) in [5, 5.41) is 12.4. The molecule has 0 radical (unpaired) electrons. The van der Waals surface area contributed by atoms with Gasteiger partial charge in [0.25, 0.3) is 0 Å². The standard InChI is InChI=1S/C25H27F3N4OS/c26-25(27,28)20-14-12-19(13-15-20)17-34-24-31-30-22(32(24)21-6-2-1-3-7-21)8-4-5-9-23(33)29-16-18-10-11-18/h1-3,6-7,12-15,18H,4-5,8-11,16-17H2,(H,29,33). The summed E-state index contributed by atoms with van der Waals surface area (Å²) in [7, 11) is 0. The summed E-state index contributed by atoms with van der Waals surface area (Å²) >= 11 is 1.43. The molecule has 180 valence electrons. The molecule has 0 unspecified atom stereocenters. The van der Waals surface area contributed by atoms with Crippen molar-refractivity contribution in [3.63, 3.8) is 0 Å². The Morgan fingerprint density at radius 2 is 1.76 bits per heavy atom. The number of alkyl halides is 3. The zero-order chi connectivity index (χ0) is 24.0. The predicted molar refractivity (Wildman–Crippen MR) is 126 cm³/mol. The third-order valence-electron chi connectivity index (χ3n) is 5.70. The van der Waals surface area contributed by atoms with Crippen molar-refractivity contribution in [2.45, 2.75) is 55.6 Å². The molecule has 1 N–H and O–H groups in total. The summed E-state index contributed by atoms with van der Waals surface area (Å²) in [6.45, 7) is 0.792. The first-order chi connectivity index (χ1) is 16.4. The van der Waals surface area contributed by atoms with Crippen LogP contribution in [0.2, 0.25) is 0 Å². The summed E-state index contributed by atoms with van der Waals surface area (Å²) in [5.74, 6) is 2.06. The number of nitrogens with zero attached hydrogens (tertiary/aromatic N) is 3. The second-order valence-electron chi connectivity index (χ2n) is 8.51. The average Bonchev–Trinajstić information content (AvgIpc) is 3.58. The van der Waals surface area contributed by atoms with E-state index in [1.54, 1.807) is 0 Å². The van der Waals surface area contributed by atoms with Gasteiger partial charge in [0.05, 0.1) is 5.56 Å². The van der Waals surface area contributed by atoms with Gasteiger partial charge in [0, 0.05) is 30.8 Å². The van der Waals surface area contributed by atoms with Gasteiger partial charge in [0.2, 0.25) is 5.91 Å². The lowest BCUT2D eigenvalue weighted by molar-refractivity contribution is -0.137. The molecule has 0 aliphatic heterocycles. The molecule has 0 atom stereocenters. The van der Waals surface area contributed by atoms with Gasteiger partial charge in [-0.25, -0.2) is 0 Å². The summed E-state index contributed by atoms with van der Waals surface area (Å²) < 4.78 is 40.4. The lowest BCUT2D eigenvalue weighted by Gasteiger charge is -2.11. The fourth-order valence-electron chi connectivity index (χ4n) is 3.57. The van der Waals surface area contributed by atoms with E-state index < -0.39 is 11.7 Å². The molecule has 0 bridgehead atoms. The van der Waals surface area contributed by atoms with Crippen molar-refractivity contribution >= 4 is 17.7 Å². The van der Waals surface area contributed by atoms with E-state index in [0.29, 0.717) is 29.7 Å². The first-order valence-corrected chi connectivity index (χ1v) is 12.4. The van der Waals surface area contributed by atoms with Gasteiger partial charge in [-0.1, -0.05) is 42.1 Å². The van der Waals surface area contributed by atoms with Gasteiger partial charge in [0.1, 0.15) is 5.82 Å². The molecule has 1 saturated carbocycles. The Labute approximate surface area is 201 Å². The number of halogens is 3. The zero-order valence-corrected chi connectivity index (χ0v) is 19.5. The van der Waals surface area contributed by atoms with Gasteiger partial charge in [-0.2, -0.15) is 13.2 Å². The molecular formula is C25H27F3N4OS. The fourth-order valence-corrected chi connectivity index (χ4v) is 4.49. The summed E-state index contributed by atoms with van der Waals surface area (Å²) in [6, 6.07) is 14.9. The van der Waals surface area contributed by atoms with Crippen molar-refractivity contribution in [2.24, 2.45) is 5.92 Å². The number of amides is 1. The average molecular weight is 489 g/mol. The molecule has 1 fully saturated rings. The number of benzene rings is 2. The minimum atomic E-state index is -4.34. The topological polar surface area (TPSA) is 59.8 Å². The second kappa shape index (κ2) is 11.1. The van der Waals surface area contributed by atoms with Crippen LogP contribution in [-0.2, 0) is 23.1 Å². The number of rotatable bonds is 11. The number of para-hydroxylation sites is 1. The maximum Gasteiger partial charge on any atom is 0.416 e. The van der Waals surface area contributed by atoms with Crippen molar-refractivity contribution in [1.82, 2.24) is 20.1 Å². The van der Waals surface area contributed by atoms with E-state index in [9.17, 15) is 18.0 Å². The van der Waals surface area contributed by atoms with Gasteiger partial charge in [-0.3, -0.25) is 9.36 Å². The molecule has 0 spiro atoms. The normalized spacial score (nSPS) is 13.7. The molecule has 1 aromatic heterocycles. The molecule has 4 rings (SSSR count). The smallest absolute Gasteiger partial charge is 0.356 e. The van der Waals surface area contributed by atoms with Gasteiger partial charge in [-0.05, 0) is 61.4 Å². The Hall–Kier alpha value is -2.81. The molecule has 5 nitrogen and oxygen atoms in total. The molecule has 34 heavy (non-hydrogen) atoms. The van der Waals surface area contributed by atoms with Crippen LogP contribution in [0.1, 0.15) is 49.1 Å². The lowest BCUT2D eigenvalue weighted by Crippen LogP contribution is -2.25. The minimum Gasteiger partial charge on any atom is -0.356 e. The molecule has 1 amide bonds. The van der Waals surface area contributed by atoms with E-state index in [2.05, 4.69) is 15.5 Å². The van der Waals surface area contributed by atoms with Crippen LogP contribution in [0.3, 0.4) is 0 Å². The van der Waals surface area contributed by atoms with Gasteiger partial charge >= 0.3 is 6.18 Å². The quantitative estimate of drug-likeness (QED) is 0.273. The van der Waals surface area contributed by atoms with Crippen LogP contribution in [0.5, 0.6) is 0 Å². The highest BCUT2D eigenvalue weighted by atomic mass is 32.2. The molecular weight excluding hydrogens is 461 g/mol. The van der Waals surface area contributed by atoms with Crippen molar-refractivity contribution in [3.05, 3.63) is 71.5 Å². The lowest BCUT2D eigenvalue weighted by atomic mass is 10.1. The van der Waals surface area contributed by atoms with Crippen LogP contribution in [0, 0.1) is 5.92 Å². The number of carbonyl (C=O) groups excluding carboxylic acids is 1. The highest BCUT2D eigenvalue weighted by Crippen LogP contribution is 2.31. The Balaban J connectivity index is 1.37. The van der Waals surface area contributed by atoms with E-state index >= 15 is 0 Å². The molecule has 1 aliphatic carbocycles. The predicted octanol–water partition coefficient (Wildman–Crippen LogP) is 5.82. The molecule has 3 aromatic rings. The van der Waals surface area contributed by atoms with Crippen molar-refractivity contribution in [1.29, 1.82) is 0 Å². The summed E-state index contributed by atoms with van der Waals surface area (Å²) in [4.78, 5) is 12.0. The van der Waals surface area contributed by atoms with E-state index in [1.165, 1.54) is 36.7 Å². The third-order valence-corrected chi connectivity index (χ3v) is 6.70. The van der Waals surface area contributed by atoms with E-state index in [0.717, 1.165) is 48.6 Å². The Bertz CT molecular complexity index is 1080. The van der Waals surface area contributed by atoms with Crippen LogP contribution in [-0.4, -0.2) is 27.2 Å². The Morgan fingerprint density at radius 1 is 1.03 bits per heavy atom. The highest BCUT2D eigenvalue weighted by Gasteiger charge is 2.30. The van der Waals surface area contributed by atoms with Crippen LogP contribution >= 0.6 is 11.8 Å². The fraction of sp³-hybridized carbons (Fsp3) is 0.400. The first-order valence-electron chi connectivity index (χ1n) is 11.5. The molecule has 1 aliphatic rings. The summed E-state index contributed by atoms with van der Waals surface area (Å²) in [6.07, 6.45) is 0.854. The van der Waals surface area contributed by atoms with Crippen LogP contribution in [0.15, 0.2) is 59.8 Å². The van der Waals surface area contributed by atoms with Crippen LogP contribution in [0.4, 0.5) is 13.2 Å². The van der Waals surface area contributed by atoms with Gasteiger partial charge in [0.15, 0.2) is 5.16 Å². The highest BCUT2D eigenvalue weighted by molar-refractivity contribution is 7.98. The van der Waals surface area contributed by atoms with Crippen molar-refractivity contribution in [3.8, 4) is 5.69 Å². The van der Waals surface area contributed by atoms with Gasteiger partial charge < -0.3 is 5.32 Å². The number of aromatic nitrogens is 3. The first kappa shape index (κ1) is 24.3. The van der Waals surface area contributed by atoms with E-state index in [1.807, 2.05) is 34.9 Å². The zero-order valence-electron chi connectivity index (χ0n) is 18.7. The molecule has 0 saturated heterocycles. The molecule has 9 heteroatoms. The third kappa shape index (κ3) is 6.85. The SMILES string of the molecule is O=C(CCCCc1nnc(SCc2ccc(C(F)(F)F)cc2)n1-c1ccccc1)NCC1CC1. The maximum absolute atomic E-state index is 12.8. The Morgan fingerprint density at radius 3 is 2.44 bits per heavy atom. The number of hydrogen-bond acceptors (Lipinski definition) is 4. The number of hydrogen-bond donors (Lipinski definition) is 1. The van der Waals surface area contributed by atoms with Gasteiger partial charge in [-0.15, -0.1) is 10.2 Å². The van der Waals surface area contributed by atoms with Crippen LogP contribution < -0.4 is 5.32 Å². The van der Waals surface area contributed by atoms with Crippen LogP contribution in [0.25, 0.3) is 5.69 Å². The molecule has 1 heterocycles. The van der Waals surface area contributed by atoms with E-state index in [4.69, 9.17) is 0 Å². The molecule has 2 aromatic carbocycles. The minimum absolute atomic E-state index is 0.101. The number of unbranched alkanes of at least 4 members (excludes halogenated alkanes) is 1. The Kier molecular flexibility index (Phi) is 7.92. The van der Waals surface area contributed by atoms with Crippen molar-refractivity contribution < 1.29 is 18.0 Å². The summed E-state index contributed by atoms with van der Waals surface area (Å²) in [5.41, 5.74) is 1.05. The number of nitrogens with one attached hydrogen (secondary N) is 1. The number of aryl methyl sites for hydroxylation is 1. The number of carbonyl (C=O) groups is 1. The largest absolute Gasteiger partial charge is 0.416 e. The monoisotopic (exact) mass is 488 g/mol. The number of thioether (sulfide) groups is 1. The maximum atomic E-state index is 12.8. The second-order valence-corrected chi connectivity index (χ2v) is 9.45. The van der Waals surface area contributed by atoms with E-state index in [-0.39, 0.29) is 5.91 Å². The van der Waals surface area contributed by atoms with Crippen molar-refractivity contribution in [2.75, 3.05) is 6.54 Å².